The molecule has 0 saturated heterocycles. The molecule has 2 aromatic carbocycles. The number of thiophene rings is 1. The summed E-state index contributed by atoms with van der Waals surface area (Å²) in [5.74, 6) is 0.0567. The van der Waals surface area contributed by atoms with Crippen molar-refractivity contribution >= 4 is 29.0 Å². The molecule has 1 aliphatic rings. The lowest BCUT2D eigenvalue weighted by molar-refractivity contribution is 0.0739. The van der Waals surface area contributed by atoms with Gasteiger partial charge >= 0.3 is 6.09 Å². The molecule has 3 aromatic rings. The first-order valence-electron chi connectivity index (χ1n) is 9.11. The minimum Gasteiger partial charge on any atom is -0.444 e. The van der Waals surface area contributed by atoms with Crippen LogP contribution in [0.1, 0.15) is 26.4 Å². The molecule has 0 saturated carbocycles. The summed E-state index contributed by atoms with van der Waals surface area (Å²) in [4.78, 5) is 27.3. The smallest absolute Gasteiger partial charge is 0.411 e. The van der Waals surface area contributed by atoms with Crippen molar-refractivity contribution in [3.8, 4) is 0 Å². The van der Waals surface area contributed by atoms with Crippen LogP contribution >= 0.6 is 11.3 Å². The van der Waals surface area contributed by atoms with Crippen molar-refractivity contribution in [2.24, 2.45) is 0 Å². The first kappa shape index (κ1) is 18.3. The molecule has 0 atom stereocenters. The Morgan fingerprint density at radius 2 is 1.89 bits per heavy atom. The molecule has 6 heteroatoms. The number of hydrogen-bond acceptors (Lipinski definition) is 4. The van der Waals surface area contributed by atoms with Gasteiger partial charge in [-0.3, -0.25) is 10.1 Å². The van der Waals surface area contributed by atoms with Crippen molar-refractivity contribution in [3.05, 3.63) is 87.6 Å². The van der Waals surface area contributed by atoms with Gasteiger partial charge in [0, 0.05) is 18.8 Å². The fraction of sp³-hybridized carbons (Fsp3) is 0.182. The molecule has 1 aromatic heterocycles. The predicted molar refractivity (Wildman–Crippen MR) is 109 cm³/mol. The lowest BCUT2D eigenvalue weighted by Crippen LogP contribution is -2.35. The van der Waals surface area contributed by atoms with E-state index in [1.807, 2.05) is 70.9 Å². The summed E-state index contributed by atoms with van der Waals surface area (Å²) in [6, 6.07) is 19.1. The summed E-state index contributed by atoms with van der Waals surface area (Å²) in [6.07, 6.45) is 0.316. The van der Waals surface area contributed by atoms with Crippen LogP contribution in [0.2, 0.25) is 0 Å². The van der Waals surface area contributed by atoms with Gasteiger partial charge in [0.15, 0.2) is 0 Å². The van der Waals surface area contributed by atoms with E-state index in [-0.39, 0.29) is 12.5 Å². The van der Waals surface area contributed by atoms with Gasteiger partial charge in [0.1, 0.15) is 6.61 Å². The Hall–Kier alpha value is -3.12. The van der Waals surface area contributed by atoms with Crippen molar-refractivity contribution in [2.75, 3.05) is 11.9 Å². The number of amides is 2. The highest BCUT2D eigenvalue weighted by atomic mass is 32.1. The van der Waals surface area contributed by atoms with Crippen molar-refractivity contribution < 1.29 is 14.3 Å². The first-order valence-corrected chi connectivity index (χ1v) is 9.99. The zero-order valence-corrected chi connectivity index (χ0v) is 16.1. The second kappa shape index (κ2) is 8.27. The Bertz CT molecular complexity index is 971. The van der Waals surface area contributed by atoms with Crippen LogP contribution < -0.4 is 5.32 Å². The summed E-state index contributed by atoms with van der Waals surface area (Å²) < 4.78 is 5.27. The van der Waals surface area contributed by atoms with Gasteiger partial charge in [0.05, 0.1) is 4.88 Å². The van der Waals surface area contributed by atoms with Crippen LogP contribution in [0.25, 0.3) is 0 Å². The highest BCUT2D eigenvalue weighted by Gasteiger charge is 2.22. The third kappa shape index (κ3) is 4.23. The normalized spacial score (nSPS) is 12.9. The third-order valence-corrected chi connectivity index (χ3v) is 5.55. The Labute approximate surface area is 167 Å². The van der Waals surface area contributed by atoms with Gasteiger partial charge in [0.25, 0.3) is 5.91 Å². The molecule has 0 radical (unpaired) electrons. The standard InChI is InChI=1S/C22H20N2O3S/c25-21(20-7-4-12-28-20)24-11-10-17-8-9-19(13-18(17)14-24)23-22(26)27-15-16-5-2-1-3-6-16/h1-9,12-13H,10-11,14-15H2,(H,23,26). The monoisotopic (exact) mass is 392 g/mol. The molecular formula is C22H20N2O3S. The molecule has 0 fully saturated rings. The quantitative estimate of drug-likeness (QED) is 0.700. The van der Waals surface area contributed by atoms with E-state index in [1.165, 1.54) is 16.9 Å². The number of nitrogens with one attached hydrogen (secondary N) is 1. The Morgan fingerprint density at radius 1 is 1.04 bits per heavy atom. The maximum absolute atomic E-state index is 12.6. The molecule has 2 amide bonds. The number of nitrogens with zero attached hydrogens (tertiary/aromatic N) is 1. The highest BCUT2D eigenvalue weighted by molar-refractivity contribution is 7.12. The minimum absolute atomic E-state index is 0.0567. The number of hydrogen-bond donors (Lipinski definition) is 1. The van der Waals surface area contributed by atoms with Crippen molar-refractivity contribution in [3.63, 3.8) is 0 Å². The maximum Gasteiger partial charge on any atom is 0.411 e. The van der Waals surface area contributed by atoms with Gasteiger partial charge in [-0.1, -0.05) is 42.5 Å². The zero-order valence-electron chi connectivity index (χ0n) is 15.3. The van der Waals surface area contributed by atoms with Gasteiger partial charge in [-0.25, -0.2) is 4.79 Å². The molecule has 142 valence electrons. The molecule has 0 spiro atoms. The van der Waals surface area contributed by atoms with Gasteiger partial charge in [-0.15, -0.1) is 11.3 Å². The van der Waals surface area contributed by atoms with E-state index in [2.05, 4.69) is 5.32 Å². The Kier molecular flexibility index (Phi) is 5.39. The number of rotatable bonds is 4. The largest absolute Gasteiger partial charge is 0.444 e. The fourth-order valence-electron chi connectivity index (χ4n) is 3.24. The van der Waals surface area contributed by atoms with E-state index in [0.29, 0.717) is 18.8 Å². The lowest BCUT2D eigenvalue weighted by Gasteiger charge is -2.29. The Balaban J connectivity index is 1.39. The van der Waals surface area contributed by atoms with Crippen molar-refractivity contribution in [1.29, 1.82) is 0 Å². The van der Waals surface area contributed by atoms with Crippen molar-refractivity contribution in [1.82, 2.24) is 4.90 Å². The molecular weight excluding hydrogens is 372 g/mol. The van der Waals surface area contributed by atoms with Gasteiger partial charge in [0.2, 0.25) is 0 Å². The summed E-state index contributed by atoms with van der Waals surface area (Å²) in [5.41, 5.74) is 3.86. The molecule has 0 unspecified atom stereocenters. The number of ether oxygens (including phenoxy) is 1. The third-order valence-electron chi connectivity index (χ3n) is 4.70. The summed E-state index contributed by atoms with van der Waals surface area (Å²) >= 11 is 1.46. The number of fused-ring (bicyclic) bond motifs is 1. The molecule has 0 bridgehead atoms. The Morgan fingerprint density at radius 3 is 2.68 bits per heavy atom. The lowest BCUT2D eigenvalue weighted by atomic mass is 9.99. The van der Waals surface area contributed by atoms with E-state index in [0.717, 1.165) is 22.4 Å². The van der Waals surface area contributed by atoms with Crippen molar-refractivity contribution in [2.45, 2.75) is 19.6 Å². The van der Waals surface area contributed by atoms with E-state index in [4.69, 9.17) is 4.74 Å². The molecule has 1 aliphatic heterocycles. The van der Waals surface area contributed by atoms with E-state index < -0.39 is 6.09 Å². The van der Waals surface area contributed by atoms with Gasteiger partial charge in [-0.05, 0) is 46.7 Å². The second-order valence-electron chi connectivity index (χ2n) is 6.62. The average Bonchev–Trinajstić information content (AvgIpc) is 3.27. The van der Waals surface area contributed by atoms with E-state index >= 15 is 0 Å². The van der Waals surface area contributed by atoms with E-state index in [9.17, 15) is 9.59 Å². The van der Waals surface area contributed by atoms with Gasteiger partial charge < -0.3 is 9.64 Å². The molecule has 2 heterocycles. The summed E-state index contributed by atoms with van der Waals surface area (Å²) in [7, 11) is 0. The topological polar surface area (TPSA) is 58.6 Å². The number of benzene rings is 2. The highest BCUT2D eigenvalue weighted by Crippen LogP contribution is 2.25. The molecule has 4 rings (SSSR count). The number of carbonyl (C=O) groups excluding carboxylic acids is 2. The second-order valence-corrected chi connectivity index (χ2v) is 7.57. The summed E-state index contributed by atoms with van der Waals surface area (Å²) in [6.45, 7) is 1.47. The van der Waals surface area contributed by atoms with E-state index in [1.54, 1.807) is 0 Å². The zero-order chi connectivity index (χ0) is 19.3. The first-order chi connectivity index (χ1) is 13.7. The molecule has 1 N–H and O–H groups in total. The predicted octanol–water partition coefficient (Wildman–Crippen LogP) is 4.70. The summed E-state index contributed by atoms with van der Waals surface area (Å²) in [5, 5.41) is 4.68. The molecule has 0 aliphatic carbocycles. The van der Waals surface area contributed by atoms with Crippen LogP contribution in [0.3, 0.4) is 0 Å². The van der Waals surface area contributed by atoms with Crippen LogP contribution in [0.15, 0.2) is 66.0 Å². The number of carbonyl (C=O) groups is 2. The minimum atomic E-state index is -0.494. The van der Waals surface area contributed by atoms with Crippen LogP contribution in [0.5, 0.6) is 0 Å². The maximum atomic E-state index is 12.6. The van der Waals surface area contributed by atoms with Crippen LogP contribution in [0, 0.1) is 0 Å². The average molecular weight is 392 g/mol. The van der Waals surface area contributed by atoms with Crippen LogP contribution in [0.4, 0.5) is 10.5 Å². The SMILES string of the molecule is O=C(Nc1ccc2c(c1)CN(C(=O)c1cccs1)CC2)OCc1ccccc1. The molecule has 5 nitrogen and oxygen atoms in total. The fourth-order valence-corrected chi connectivity index (χ4v) is 3.93. The van der Waals surface area contributed by atoms with Gasteiger partial charge in [-0.2, -0.15) is 0 Å². The van der Waals surface area contributed by atoms with Crippen LogP contribution in [-0.2, 0) is 24.3 Å². The number of anilines is 1. The van der Waals surface area contributed by atoms with Crippen LogP contribution in [-0.4, -0.2) is 23.4 Å². The molecule has 28 heavy (non-hydrogen) atoms.